The summed E-state index contributed by atoms with van der Waals surface area (Å²) in [5.41, 5.74) is 1.18. The van der Waals surface area contributed by atoms with Gasteiger partial charge in [0.1, 0.15) is 6.04 Å². The number of unbranched alkanes of at least 4 members (excludes halogenated alkanes) is 1. The molecule has 0 spiro atoms. The van der Waals surface area contributed by atoms with Crippen LogP contribution in [0, 0.1) is 0 Å². The fourth-order valence-corrected chi connectivity index (χ4v) is 2.59. The Kier molecular flexibility index (Phi) is 6.88. The van der Waals surface area contributed by atoms with E-state index in [2.05, 4.69) is 30.2 Å². The normalized spacial score (nSPS) is 11.6. The molecular weight excluding hydrogens is 320 g/mol. The Bertz CT molecular complexity index is 689. The Morgan fingerprint density at radius 3 is 2.38 bits per heavy atom. The topological polar surface area (TPSA) is 58.2 Å². The lowest BCUT2D eigenvalue weighted by Gasteiger charge is -2.19. The number of hydrogen-bond acceptors (Lipinski definition) is 3. The summed E-state index contributed by atoms with van der Waals surface area (Å²) in [6, 6.07) is 15.7. The second kappa shape index (κ2) is 9.13. The standard InChI is InChI=1S/C19H22N2O2S/c1-2-3-12-16(19(23)20-14-9-5-4-6-10-14)21-18(22)15-11-7-8-13-17(15)24/h4-11,13,16,24H,2-3,12H2,1H3,(H,20,23)(H,21,22). The number of thiol groups is 1. The number of nitrogens with one attached hydrogen (secondary N) is 2. The van der Waals surface area contributed by atoms with Crippen LogP contribution in [0.3, 0.4) is 0 Å². The second-order valence-corrected chi connectivity index (χ2v) is 6.02. The molecule has 0 radical (unpaired) electrons. The van der Waals surface area contributed by atoms with E-state index in [0.717, 1.165) is 12.8 Å². The number of para-hydroxylation sites is 1. The van der Waals surface area contributed by atoms with E-state index in [1.54, 1.807) is 18.2 Å². The minimum atomic E-state index is -0.578. The fraction of sp³-hybridized carbons (Fsp3) is 0.263. The molecule has 1 atom stereocenters. The van der Waals surface area contributed by atoms with Crippen LogP contribution in [-0.2, 0) is 4.79 Å². The summed E-state index contributed by atoms with van der Waals surface area (Å²) in [5, 5.41) is 5.68. The van der Waals surface area contributed by atoms with Gasteiger partial charge in [-0.05, 0) is 30.7 Å². The molecule has 0 aliphatic carbocycles. The number of benzene rings is 2. The lowest BCUT2D eigenvalue weighted by Crippen LogP contribution is -2.43. The minimum Gasteiger partial charge on any atom is -0.340 e. The maximum atomic E-state index is 12.5. The number of hydrogen-bond donors (Lipinski definition) is 3. The third-order valence-corrected chi connectivity index (χ3v) is 4.05. The van der Waals surface area contributed by atoms with Gasteiger partial charge in [0.2, 0.25) is 5.91 Å². The van der Waals surface area contributed by atoms with E-state index in [0.29, 0.717) is 22.6 Å². The molecule has 0 saturated heterocycles. The van der Waals surface area contributed by atoms with Crippen LogP contribution in [0.4, 0.5) is 5.69 Å². The summed E-state index contributed by atoms with van der Waals surface area (Å²) in [4.78, 5) is 25.6. The SMILES string of the molecule is CCCCC(NC(=O)c1ccccc1S)C(=O)Nc1ccccc1. The molecule has 24 heavy (non-hydrogen) atoms. The Morgan fingerprint density at radius 1 is 1.04 bits per heavy atom. The van der Waals surface area contributed by atoms with E-state index in [9.17, 15) is 9.59 Å². The Hall–Kier alpha value is -2.27. The average molecular weight is 342 g/mol. The predicted molar refractivity (Wildman–Crippen MR) is 99.5 cm³/mol. The highest BCUT2D eigenvalue weighted by Gasteiger charge is 2.21. The largest absolute Gasteiger partial charge is 0.340 e. The molecule has 2 aromatic carbocycles. The molecule has 1 unspecified atom stereocenters. The van der Waals surface area contributed by atoms with Gasteiger partial charge in [-0.2, -0.15) is 0 Å². The van der Waals surface area contributed by atoms with Crippen molar-refractivity contribution in [3.63, 3.8) is 0 Å². The highest BCUT2D eigenvalue weighted by atomic mass is 32.1. The molecule has 0 saturated carbocycles. The monoisotopic (exact) mass is 342 g/mol. The van der Waals surface area contributed by atoms with Gasteiger partial charge in [0, 0.05) is 10.6 Å². The smallest absolute Gasteiger partial charge is 0.253 e. The molecule has 2 amide bonds. The van der Waals surface area contributed by atoms with Gasteiger partial charge >= 0.3 is 0 Å². The number of anilines is 1. The maximum absolute atomic E-state index is 12.5. The first-order valence-electron chi connectivity index (χ1n) is 8.06. The van der Waals surface area contributed by atoms with E-state index in [1.807, 2.05) is 36.4 Å². The molecule has 0 bridgehead atoms. The lowest BCUT2D eigenvalue weighted by molar-refractivity contribution is -0.118. The van der Waals surface area contributed by atoms with Gasteiger partial charge in [-0.3, -0.25) is 9.59 Å². The van der Waals surface area contributed by atoms with Crippen molar-refractivity contribution in [2.45, 2.75) is 37.1 Å². The second-order valence-electron chi connectivity index (χ2n) is 5.54. The van der Waals surface area contributed by atoms with Crippen LogP contribution in [0.1, 0.15) is 36.5 Å². The summed E-state index contributed by atoms with van der Waals surface area (Å²) in [5.74, 6) is -0.496. The summed E-state index contributed by atoms with van der Waals surface area (Å²) in [7, 11) is 0. The number of amides is 2. The van der Waals surface area contributed by atoms with E-state index in [4.69, 9.17) is 0 Å². The zero-order valence-corrected chi connectivity index (χ0v) is 14.6. The lowest BCUT2D eigenvalue weighted by atomic mass is 10.1. The van der Waals surface area contributed by atoms with Crippen LogP contribution in [-0.4, -0.2) is 17.9 Å². The highest BCUT2D eigenvalue weighted by Crippen LogP contribution is 2.14. The third kappa shape index (κ3) is 5.13. The van der Waals surface area contributed by atoms with Gasteiger partial charge in [-0.25, -0.2) is 0 Å². The molecule has 0 heterocycles. The number of rotatable bonds is 7. The zero-order valence-electron chi connectivity index (χ0n) is 13.7. The molecule has 2 N–H and O–H groups in total. The third-order valence-electron chi connectivity index (χ3n) is 3.66. The quantitative estimate of drug-likeness (QED) is 0.668. The van der Waals surface area contributed by atoms with Crippen LogP contribution in [0.2, 0.25) is 0 Å². The molecule has 4 nitrogen and oxygen atoms in total. The molecule has 2 rings (SSSR count). The van der Waals surface area contributed by atoms with Crippen LogP contribution in [0.15, 0.2) is 59.5 Å². The van der Waals surface area contributed by atoms with E-state index >= 15 is 0 Å². The minimum absolute atomic E-state index is 0.209. The maximum Gasteiger partial charge on any atom is 0.253 e. The van der Waals surface area contributed by atoms with Crippen LogP contribution in [0.5, 0.6) is 0 Å². The zero-order chi connectivity index (χ0) is 17.4. The molecule has 126 valence electrons. The number of carbonyl (C=O) groups excluding carboxylic acids is 2. The summed E-state index contributed by atoms with van der Waals surface area (Å²) in [6.45, 7) is 2.05. The molecule has 0 fully saturated rings. The average Bonchev–Trinajstić information content (AvgIpc) is 2.59. The van der Waals surface area contributed by atoms with Gasteiger partial charge in [0.15, 0.2) is 0 Å². The van der Waals surface area contributed by atoms with Crippen molar-refractivity contribution < 1.29 is 9.59 Å². The molecule has 0 aliphatic rings. The van der Waals surface area contributed by atoms with Crippen LogP contribution < -0.4 is 10.6 Å². The highest BCUT2D eigenvalue weighted by molar-refractivity contribution is 7.80. The van der Waals surface area contributed by atoms with Gasteiger partial charge in [-0.1, -0.05) is 50.1 Å². The van der Waals surface area contributed by atoms with Crippen molar-refractivity contribution in [1.82, 2.24) is 5.32 Å². The van der Waals surface area contributed by atoms with Crippen molar-refractivity contribution >= 4 is 30.1 Å². The molecule has 5 heteroatoms. The van der Waals surface area contributed by atoms with Gasteiger partial charge in [-0.15, -0.1) is 12.6 Å². The van der Waals surface area contributed by atoms with E-state index in [-0.39, 0.29) is 11.8 Å². The summed E-state index contributed by atoms with van der Waals surface area (Å²) < 4.78 is 0. The fourth-order valence-electron chi connectivity index (χ4n) is 2.33. The van der Waals surface area contributed by atoms with Crippen LogP contribution in [0.25, 0.3) is 0 Å². The first kappa shape index (κ1) is 18.1. The number of carbonyl (C=O) groups is 2. The van der Waals surface area contributed by atoms with Crippen molar-refractivity contribution in [1.29, 1.82) is 0 Å². The molecule has 0 aromatic heterocycles. The van der Waals surface area contributed by atoms with Gasteiger partial charge in [0.25, 0.3) is 5.91 Å². The van der Waals surface area contributed by atoms with Gasteiger partial charge in [0.05, 0.1) is 5.56 Å². The van der Waals surface area contributed by atoms with E-state index in [1.165, 1.54) is 0 Å². The molecular formula is C19H22N2O2S. The predicted octanol–water partition coefficient (Wildman–Crippen LogP) is 3.90. The Morgan fingerprint density at radius 2 is 1.71 bits per heavy atom. The Balaban J connectivity index is 2.08. The van der Waals surface area contributed by atoms with Crippen molar-refractivity contribution in [3.05, 3.63) is 60.2 Å². The van der Waals surface area contributed by atoms with Crippen molar-refractivity contribution in [3.8, 4) is 0 Å². The first-order valence-corrected chi connectivity index (χ1v) is 8.51. The van der Waals surface area contributed by atoms with Crippen molar-refractivity contribution in [2.75, 3.05) is 5.32 Å². The first-order chi connectivity index (χ1) is 11.6. The summed E-state index contributed by atoms with van der Waals surface area (Å²) in [6.07, 6.45) is 2.40. The van der Waals surface area contributed by atoms with Crippen LogP contribution >= 0.6 is 12.6 Å². The van der Waals surface area contributed by atoms with Crippen molar-refractivity contribution in [2.24, 2.45) is 0 Å². The Labute approximate surface area is 148 Å². The van der Waals surface area contributed by atoms with Gasteiger partial charge < -0.3 is 10.6 Å². The summed E-state index contributed by atoms with van der Waals surface area (Å²) >= 11 is 4.30. The van der Waals surface area contributed by atoms with E-state index < -0.39 is 6.04 Å². The molecule has 0 aliphatic heterocycles. The molecule has 2 aromatic rings.